The lowest BCUT2D eigenvalue weighted by atomic mass is 10.0. The predicted molar refractivity (Wildman–Crippen MR) is 125 cm³/mol. The maximum atomic E-state index is 13.3. The Kier molecular flexibility index (Phi) is 6.30. The minimum atomic E-state index is 0.220. The number of benzene rings is 2. The van der Waals surface area contributed by atoms with E-state index >= 15 is 0 Å². The zero-order valence-corrected chi connectivity index (χ0v) is 19.0. The van der Waals surface area contributed by atoms with Crippen LogP contribution in [0.3, 0.4) is 0 Å². The number of para-hydroxylation sites is 1. The molecule has 32 heavy (non-hydrogen) atoms. The van der Waals surface area contributed by atoms with Crippen molar-refractivity contribution in [3.8, 4) is 11.8 Å². The van der Waals surface area contributed by atoms with Gasteiger partial charge in [-0.25, -0.2) is 4.98 Å². The summed E-state index contributed by atoms with van der Waals surface area (Å²) in [5.41, 5.74) is 5.28. The van der Waals surface area contributed by atoms with Crippen molar-refractivity contribution >= 4 is 10.9 Å². The summed E-state index contributed by atoms with van der Waals surface area (Å²) in [5, 5.41) is 14.4. The molecule has 0 amide bonds. The largest absolute Gasteiger partial charge is 0.616 e. The number of hydrogen-bond acceptors (Lipinski definition) is 4. The topological polar surface area (TPSA) is 74.1 Å². The predicted octanol–water partition coefficient (Wildman–Crippen LogP) is 4.88. The van der Waals surface area contributed by atoms with Crippen LogP contribution in [0.4, 0.5) is 0 Å². The monoisotopic (exact) mass is 431 g/mol. The number of ether oxygens (including phenoxy) is 2. The third-order valence-electron chi connectivity index (χ3n) is 5.54. The molecule has 6 heteroatoms. The van der Waals surface area contributed by atoms with Crippen molar-refractivity contribution in [3.05, 3.63) is 88.0 Å². The molecule has 1 N–H and O–H groups in total. The highest BCUT2D eigenvalue weighted by molar-refractivity contribution is 5.84. The number of aromatic amines is 1. The van der Waals surface area contributed by atoms with Crippen LogP contribution in [0.5, 0.6) is 11.8 Å². The van der Waals surface area contributed by atoms with Gasteiger partial charge in [-0.05, 0) is 30.0 Å². The van der Waals surface area contributed by atoms with Crippen molar-refractivity contribution in [2.45, 2.75) is 40.2 Å². The van der Waals surface area contributed by atoms with Gasteiger partial charge in [-0.15, -0.1) is 4.73 Å². The molecule has 2 heterocycles. The zero-order valence-electron chi connectivity index (χ0n) is 19.0. The first-order valence-corrected chi connectivity index (χ1v) is 10.9. The van der Waals surface area contributed by atoms with Gasteiger partial charge in [0.1, 0.15) is 6.61 Å². The van der Waals surface area contributed by atoms with Crippen LogP contribution in [-0.2, 0) is 19.4 Å². The van der Waals surface area contributed by atoms with Crippen molar-refractivity contribution in [2.75, 3.05) is 7.11 Å². The molecule has 6 nitrogen and oxygen atoms in total. The second-order valence-corrected chi connectivity index (χ2v) is 8.44. The fraction of sp³-hybridized carbons (Fsp3) is 0.308. The highest BCUT2D eigenvalue weighted by Crippen LogP contribution is 2.29. The van der Waals surface area contributed by atoms with Crippen LogP contribution in [0.25, 0.3) is 10.9 Å². The van der Waals surface area contributed by atoms with Gasteiger partial charge in [0.2, 0.25) is 0 Å². The SMILES string of the molecule is COc1c(Cc2c(C)[nH]c3ccccc23)nc(OCc2ccccc2)c(CC(C)C)[n+]1[O-]. The van der Waals surface area contributed by atoms with E-state index < -0.39 is 0 Å². The van der Waals surface area contributed by atoms with E-state index in [4.69, 9.17) is 14.5 Å². The molecule has 0 atom stereocenters. The normalized spacial score (nSPS) is 11.3. The van der Waals surface area contributed by atoms with Gasteiger partial charge < -0.3 is 19.7 Å². The summed E-state index contributed by atoms with van der Waals surface area (Å²) in [7, 11) is 1.51. The third-order valence-corrected chi connectivity index (χ3v) is 5.54. The van der Waals surface area contributed by atoms with Gasteiger partial charge in [-0.1, -0.05) is 62.4 Å². The van der Waals surface area contributed by atoms with Gasteiger partial charge in [-0.2, -0.15) is 0 Å². The Balaban J connectivity index is 1.77. The lowest BCUT2D eigenvalue weighted by Crippen LogP contribution is -2.37. The quantitative estimate of drug-likeness (QED) is 0.319. The molecule has 2 aromatic heterocycles. The number of H-pyrrole nitrogens is 1. The third kappa shape index (κ3) is 4.40. The lowest BCUT2D eigenvalue weighted by molar-refractivity contribution is -0.622. The summed E-state index contributed by atoms with van der Waals surface area (Å²) >= 11 is 0. The fourth-order valence-electron chi connectivity index (χ4n) is 4.01. The van der Waals surface area contributed by atoms with Gasteiger partial charge >= 0.3 is 5.88 Å². The summed E-state index contributed by atoms with van der Waals surface area (Å²) in [6.07, 6.45) is 1.01. The Morgan fingerprint density at radius 1 is 1.06 bits per heavy atom. The maximum absolute atomic E-state index is 13.3. The van der Waals surface area contributed by atoms with Gasteiger partial charge in [0, 0.05) is 29.4 Å². The van der Waals surface area contributed by atoms with E-state index in [-0.39, 0.29) is 11.8 Å². The van der Waals surface area contributed by atoms with Gasteiger partial charge in [0.05, 0.1) is 7.11 Å². The van der Waals surface area contributed by atoms with Crippen molar-refractivity contribution in [1.29, 1.82) is 0 Å². The number of nitrogens with zero attached hydrogens (tertiary/aromatic N) is 2. The van der Waals surface area contributed by atoms with E-state index in [0.29, 0.717) is 36.7 Å². The van der Waals surface area contributed by atoms with Crippen LogP contribution in [0.2, 0.25) is 0 Å². The van der Waals surface area contributed by atoms with Crippen LogP contribution < -0.4 is 14.2 Å². The van der Waals surface area contributed by atoms with Gasteiger partial charge in [0.25, 0.3) is 11.6 Å². The Morgan fingerprint density at radius 3 is 2.50 bits per heavy atom. The van der Waals surface area contributed by atoms with Crippen LogP contribution in [0.1, 0.15) is 42.1 Å². The molecule has 0 saturated carbocycles. The first kappa shape index (κ1) is 21.7. The molecule has 0 radical (unpaired) electrons. The molecule has 0 unspecified atom stereocenters. The molecule has 0 aliphatic heterocycles. The van der Waals surface area contributed by atoms with Crippen molar-refractivity contribution in [2.24, 2.45) is 5.92 Å². The number of methoxy groups -OCH3 is 1. The Bertz CT molecular complexity index is 1220. The van der Waals surface area contributed by atoms with E-state index in [1.165, 1.54) is 7.11 Å². The molecule has 4 rings (SSSR count). The minimum absolute atomic E-state index is 0.220. The van der Waals surface area contributed by atoms with Crippen molar-refractivity contribution in [1.82, 2.24) is 9.97 Å². The molecule has 2 aromatic carbocycles. The number of hydrogen-bond donors (Lipinski definition) is 1. The summed E-state index contributed by atoms with van der Waals surface area (Å²) in [4.78, 5) is 8.23. The summed E-state index contributed by atoms with van der Waals surface area (Å²) in [6.45, 7) is 6.51. The van der Waals surface area contributed by atoms with Gasteiger partial charge in [-0.3, -0.25) is 0 Å². The molecule has 0 fully saturated rings. The second kappa shape index (κ2) is 9.30. The standard InChI is InChI=1S/C26H29N3O3/c1-17(2)14-24-25(32-16-19-10-6-5-7-11-19)28-23(26(31-4)29(24)30)15-21-18(3)27-22-13-9-8-12-20(21)22/h5-13,17,27H,14-16H2,1-4H3. The molecule has 0 aliphatic carbocycles. The zero-order chi connectivity index (χ0) is 22.7. The van der Waals surface area contributed by atoms with Gasteiger partial charge in [0.15, 0.2) is 5.69 Å². The summed E-state index contributed by atoms with van der Waals surface area (Å²) in [5.74, 6) is 0.853. The van der Waals surface area contributed by atoms with E-state index in [9.17, 15) is 5.21 Å². The number of nitrogens with one attached hydrogen (secondary N) is 1. The van der Waals surface area contributed by atoms with Crippen LogP contribution in [0.15, 0.2) is 54.6 Å². The van der Waals surface area contributed by atoms with E-state index in [1.807, 2.05) is 55.5 Å². The molecule has 0 spiro atoms. The Morgan fingerprint density at radius 2 is 1.78 bits per heavy atom. The molecule has 0 saturated heterocycles. The van der Waals surface area contributed by atoms with Crippen LogP contribution >= 0.6 is 0 Å². The first-order valence-electron chi connectivity index (χ1n) is 10.9. The second-order valence-electron chi connectivity index (χ2n) is 8.44. The van der Waals surface area contributed by atoms with E-state index in [2.05, 4.69) is 24.9 Å². The highest BCUT2D eigenvalue weighted by atomic mass is 16.5. The van der Waals surface area contributed by atoms with Crippen molar-refractivity contribution in [3.63, 3.8) is 0 Å². The number of fused-ring (bicyclic) bond motifs is 1. The first-order chi connectivity index (χ1) is 15.5. The van der Waals surface area contributed by atoms with E-state index in [1.54, 1.807) is 0 Å². The van der Waals surface area contributed by atoms with Crippen LogP contribution in [-0.4, -0.2) is 17.1 Å². The summed E-state index contributed by atoms with van der Waals surface area (Å²) in [6, 6.07) is 18.0. The lowest BCUT2D eigenvalue weighted by Gasteiger charge is -2.16. The molecule has 0 aliphatic rings. The molecular formula is C26H29N3O3. The van der Waals surface area contributed by atoms with Crippen LogP contribution in [0, 0.1) is 18.0 Å². The summed E-state index contributed by atoms with van der Waals surface area (Å²) < 4.78 is 12.5. The average molecular weight is 432 g/mol. The average Bonchev–Trinajstić information content (AvgIpc) is 3.10. The van der Waals surface area contributed by atoms with Crippen molar-refractivity contribution < 1.29 is 14.2 Å². The Hall–Kier alpha value is -3.54. The highest BCUT2D eigenvalue weighted by Gasteiger charge is 2.28. The minimum Gasteiger partial charge on any atom is -0.616 e. The van der Waals surface area contributed by atoms with E-state index in [0.717, 1.165) is 32.5 Å². The maximum Gasteiger partial charge on any atom is 0.402 e. The smallest absolute Gasteiger partial charge is 0.402 e. The number of rotatable bonds is 8. The fourth-order valence-corrected chi connectivity index (χ4v) is 4.01. The Labute approximate surface area is 188 Å². The number of aryl methyl sites for hydroxylation is 1. The molecule has 4 aromatic rings. The molecule has 166 valence electrons. The molecule has 0 bridgehead atoms. The molecular weight excluding hydrogens is 402 g/mol. The number of aromatic nitrogens is 3.